The fourth-order valence-electron chi connectivity index (χ4n) is 1.75. The highest BCUT2D eigenvalue weighted by molar-refractivity contribution is 7.09. The van der Waals surface area contributed by atoms with E-state index in [2.05, 4.69) is 41.7 Å². The quantitative estimate of drug-likeness (QED) is 0.841. The van der Waals surface area contributed by atoms with Gasteiger partial charge in [-0.1, -0.05) is 26.0 Å². The van der Waals surface area contributed by atoms with Gasteiger partial charge in [-0.3, -0.25) is 0 Å². The molecule has 0 atom stereocenters. The Labute approximate surface area is 118 Å². The average molecular weight is 276 g/mol. The van der Waals surface area contributed by atoms with Crippen LogP contribution in [0, 0.1) is 0 Å². The number of ether oxygens (including phenoxy) is 1. The molecule has 1 aromatic carbocycles. The molecule has 0 saturated carbocycles. The van der Waals surface area contributed by atoms with Crippen LogP contribution in [0.25, 0.3) is 0 Å². The van der Waals surface area contributed by atoms with Crippen molar-refractivity contribution < 1.29 is 4.74 Å². The zero-order chi connectivity index (χ0) is 13.5. The lowest BCUT2D eigenvalue weighted by Gasteiger charge is -2.05. The predicted molar refractivity (Wildman–Crippen MR) is 79.6 cm³/mol. The van der Waals surface area contributed by atoms with Crippen molar-refractivity contribution in [2.75, 3.05) is 6.54 Å². The molecule has 102 valence electrons. The van der Waals surface area contributed by atoms with E-state index in [-0.39, 0.29) is 0 Å². The van der Waals surface area contributed by atoms with Gasteiger partial charge < -0.3 is 10.1 Å². The second-order valence-corrected chi connectivity index (χ2v) is 5.25. The number of aromatic nitrogens is 1. The fraction of sp³-hybridized carbons (Fsp3) is 0.400. The Balaban J connectivity index is 1.89. The van der Waals surface area contributed by atoms with Crippen molar-refractivity contribution in [2.24, 2.45) is 0 Å². The summed E-state index contributed by atoms with van der Waals surface area (Å²) in [5, 5.41) is 6.38. The average Bonchev–Trinajstić information content (AvgIpc) is 2.91. The molecule has 4 heteroatoms. The Morgan fingerprint density at radius 1 is 1.32 bits per heavy atom. The van der Waals surface area contributed by atoms with E-state index in [1.165, 1.54) is 5.56 Å². The molecule has 2 aromatic rings. The lowest BCUT2D eigenvalue weighted by molar-refractivity contribution is 0.305. The van der Waals surface area contributed by atoms with E-state index in [1.807, 2.05) is 12.1 Å². The maximum absolute atomic E-state index is 5.78. The molecular formula is C15H20N2OS. The smallest absolute Gasteiger partial charge is 0.140 e. The van der Waals surface area contributed by atoms with Gasteiger partial charge in [0.25, 0.3) is 0 Å². The van der Waals surface area contributed by atoms with E-state index in [4.69, 9.17) is 4.74 Å². The Morgan fingerprint density at radius 3 is 3.00 bits per heavy atom. The van der Waals surface area contributed by atoms with Crippen LogP contribution in [0.3, 0.4) is 0 Å². The first-order valence-electron chi connectivity index (χ1n) is 6.67. The van der Waals surface area contributed by atoms with Crippen LogP contribution in [-0.2, 0) is 19.6 Å². The molecule has 0 aliphatic carbocycles. The van der Waals surface area contributed by atoms with Gasteiger partial charge in [0.15, 0.2) is 0 Å². The second-order valence-electron chi connectivity index (χ2n) is 4.30. The zero-order valence-electron chi connectivity index (χ0n) is 11.5. The third-order valence-corrected chi connectivity index (χ3v) is 3.70. The molecule has 0 fully saturated rings. The monoisotopic (exact) mass is 276 g/mol. The third kappa shape index (κ3) is 4.33. The molecule has 19 heavy (non-hydrogen) atoms. The van der Waals surface area contributed by atoms with E-state index in [0.717, 1.165) is 36.0 Å². The molecule has 2 rings (SSSR count). The number of aryl methyl sites for hydroxylation is 1. The van der Waals surface area contributed by atoms with Crippen molar-refractivity contribution in [3.63, 3.8) is 0 Å². The lowest BCUT2D eigenvalue weighted by Crippen LogP contribution is -2.12. The summed E-state index contributed by atoms with van der Waals surface area (Å²) >= 11 is 1.65. The maximum atomic E-state index is 5.78. The van der Waals surface area contributed by atoms with E-state index in [9.17, 15) is 0 Å². The van der Waals surface area contributed by atoms with Crippen molar-refractivity contribution in [1.82, 2.24) is 10.3 Å². The molecule has 0 bridgehead atoms. The van der Waals surface area contributed by atoms with Gasteiger partial charge in [-0.2, -0.15) is 0 Å². The zero-order valence-corrected chi connectivity index (χ0v) is 12.3. The number of nitrogens with zero attached hydrogens (tertiary/aromatic N) is 1. The number of nitrogens with one attached hydrogen (secondary N) is 1. The van der Waals surface area contributed by atoms with E-state index >= 15 is 0 Å². The number of benzene rings is 1. The summed E-state index contributed by atoms with van der Waals surface area (Å²) in [6.07, 6.45) is 1.03. The SMILES string of the molecule is CCNCc1csc(COc2cccc(CC)c2)n1. The van der Waals surface area contributed by atoms with Crippen LogP contribution in [0.4, 0.5) is 0 Å². The minimum absolute atomic E-state index is 0.546. The highest BCUT2D eigenvalue weighted by Gasteiger charge is 2.03. The Kier molecular flexibility index (Phi) is 5.36. The molecule has 0 saturated heterocycles. The first-order valence-corrected chi connectivity index (χ1v) is 7.55. The number of hydrogen-bond acceptors (Lipinski definition) is 4. The summed E-state index contributed by atoms with van der Waals surface area (Å²) in [6, 6.07) is 8.23. The minimum atomic E-state index is 0.546. The topological polar surface area (TPSA) is 34.1 Å². The molecule has 0 aliphatic heterocycles. The summed E-state index contributed by atoms with van der Waals surface area (Å²) in [5.74, 6) is 0.919. The van der Waals surface area contributed by atoms with Crippen LogP contribution >= 0.6 is 11.3 Å². The molecule has 1 aromatic heterocycles. The van der Waals surface area contributed by atoms with Crippen LogP contribution in [0.1, 0.15) is 30.1 Å². The summed E-state index contributed by atoms with van der Waals surface area (Å²) < 4.78 is 5.78. The van der Waals surface area contributed by atoms with Crippen molar-refractivity contribution in [2.45, 2.75) is 33.4 Å². The normalized spacial score (nSPS) is 10.6. The van der Waals surface area contributed by atoms with Gasteiger partial charge in [0.05, 0.1) is 5.69 Å². The van der Waals surface area contributed by atoms with E-state index in [1.54, 1.807) is 11.3 Å². The Hall–Kier alpha value is -1.39. The van der Waals surface area contributed by atoms with Crippen LogP contribution in [0.2, 0.25) is 0 Å². The second kappa shape index (κ2) is 7.26. The molecule has 0 radical (unpaired) electrons. The molecule has 1 N–H and O–H groups in total. The van der Waals surface area contributed by atoms with Crippen LogP contribution in [0.15, 0.2) is 29.6 Å². The van der Waals surface area contributed by atoms with Gasteiger partial charge in [0, 0.05) is 11.9 Å². The number of hydrogen-bond donors (Lipinski definition) is 1. The summed E-state index contributed by atoms with van der Waals surface area (Å²) in [6.45, 7) is 6.58. The molecule has 0 aliphatic rings. The van der Waals surface area contributed by atoms with Crippen molar-refractivity contribution in [1.29, 1.82) is 0 Å². The first-order chi connectivity index (χ1) is 9.31. The van der Waals surface area contributed by atoms with Gasteiger partial charge in [0.2, 0.25) is 0 Å². The van der Waals surface area contributed by atoms with Crippen LogP contribution in [0.5, 0.6) is 5.75 Å². The molecule has 0 amide bonds. The Bertz CT molecular complexity index is 510. The highest BCUT2D eigenvalue weighted by atomic mass is 32.1. The number of rotatable bonds is 7. The Morgan fingerprint density at radius 2 is 2.21 bits per heavy atom. The van der Waals surface area contributed by atoms with E-state index in [0.29, 0.717) is 6.61 Å². The molecule has 0 spiro atoms. The maximum Gasteiger partial charge on any atom is 0.140 e. The fourth-order valence-corrected chi connectivity index (χ4v) is 2.45. The van der Waals surface area contributed by atoms with Gasteiger partial charge in [-0.05, 0) is 30.7 Å². The van der Waals surface area contributed by atoms with Crippen LogP contribution < -0.4 is 10.1 Å². The van der Waals surface area contributed by atoms with Crippen molar-refractivity contribution >= 4 is 11.3 Å². The predicted octanol–water partition coefficient (Wildman–Crippen LogP) is 3.39. The number of thiazole rings is 1. The molecule has 3 nitrogen and oxygen atoms in total. The van der Waals surface area contributed by atoms with Gasteiger partial charge in [0.1, 0.15) is 17.4 Å². The van der Waals surface area contributed by atoms with Crippen molar-refractivity contribution in [3.8, 4) is 5.75 Å². The highest BCUT2D eigenvalue weighted by Crippen LogP contribution is 2.17. The van der Waals surface area contributed by atoms with Crippen LogP contribution in [-0.4, -0.2) is 11.5 Å². The van der Waals surface area contributed by atoms with Gasteiger partial charge >= 0.3 is 0 Å². The van der Waals surface area contributed by atoms with Gasteiger partial charge in [-0.25, -0.2) is 4.98 Å². The molecular weight excluding hydrogens is 256 g/mol. The molecule has 1 heterocycles. The van der Waals surface area contributed by atoms with Crippen molar-refractivity contribution in [3.05, 3.63) is 45.9 Å². The molecule has 0 unspecified atom stereocenters. The summed E-state index contributed by atoms with van der Waals surface area (Å²) in [5.41, 5.74) is 2.39. The largest absolute Gasteiger partial charge is 0.486 e. The third-order valence-electron chi connectivity index (χ3n) is 2.82. The van der Waals surface area contributed by atoms with Gasteiger partial charge in [-0.15, -0.1) is 11.3 Å². The summed E-state index contributed by atoms with van der Waals surface area (Å²) in [7, 11) is 0. The van der Waals surface area contributed by atoms with E-state index < -0.39 is 0 Å². The summed E-state index contributed by atoms with van der Waals surface area (Å²) in [4.78, 5) is 4.54. The standard InChI is InChI=1S/C15H20N2OS/c1-3-12-6-5-7-14(8-12)18-10-15-17-13(11-19-15)9-16-4-2/h5-8,11,16H,3-4,9-10H2,1-2H3. The first kappa shape index (κ1) is 14.0. The minimum Gasteiger partial charge on any atom is -0.486 e. The lowest BCUT2D eigenvalue weighted by atomic mass is 10.2.